The van der Waals surface area contributed by atoms with Crippen molar-refractivity contribution in [2.24, 2.45) is 34.5 Å². The number of carbonyl (C=O) groups excluding carboxylic acids is 3. The Morgan fingerprint density at radius 2 is 2.05 bits per heavy atom. The molecule has 0 radical (unpaired) electrons. The van der Waals surface area contributed by atoms with Crippen molar-refractivity contribution in [2.75, 3.05) is 39.3 Å². The highest BCUT2D eigenvalue weighted by molar-refractivity contribution is 5.85. The number of hydrogen-bond acceptors (Lipinski definition) is 5. The summed E-state index contributed by atoms with van der Waals surface area (Å²) in [7, 11) is 0. The lowest BCUT2D eigenvalue weighted by atomic mass is 9.45. The first-order valence-corrected chi connectivity index (χ1v) is 14.9. The van der Waals surface area contributed by atoms with Gasteiger partial charge in [-0.15, -0.1) is 0 Å². The van der Waals surface area contributed by atoms with E-state index in [4.69, 9.17) is 4.74 Å². The predicted molar refractivity (Wildman–Crippen MR) is 144 cm³/mol. The Morgan fingerprint density at radius 1 is 1.18 bits per heavy atom. The highest BCUT2D eigenvalue weighted by Crippen LogP contribution is 2.66. The summed E-state index contributed by atoms with van der Waals surface area (Å²) < 4.78 is 5.28. The van der Waals surface area contributed by atoms with Gasteiger partial charge < -0.3 is 25.6 Å². The Kier molecular flexibility index (Phi) is 6.81. The standard InChI is InChI=1S/C30H44N4O4/c1-29-9-7-21(33-28(37)32-12-14-34-13-11-31-17-26(34)35)16-20(29)3-4-22-24-6-5-23(19-15-27(36)38-18-19)30(24,2)10-8-25(22)29/h6,15,20-23,25,31H,3-5,7-14,16-18H2,1-2H3,(H2,32,33,37)/t20-,21+,22+,23-,25+,29+,30-/m1/s1. The third kappa shape index (κ3) is 4.46. The van der Waals surface area contributed by atoms with Crippen molar-refractivity contribution in [3.05, 3.63) is 23.3 Å². The third-order valence-electron chi connectivity index (χ3n) is 11.4. The van der Waals surface area contributed by atoms with Gasteiger partial charge in [0.2, 0.25) is 5.91 Å². The average molecular weight is 525 g/mol. The molecule has 2 aliphatic heterocycles. The number of carbonyl (C=O) groups is 3. The van der Waals surface area contributed by atoms with Crippen LogP contribution in [0.1, 0.15) is 65.2 Å². The third-order valence-corrected chi connectivity index (χ3v) is 11.4. The Balaban J connectivity index is 1.04. The van der Waals surface area contributed by atoms with Crippen LogP contribution in [0, 0.1) is 34.5 Å². The van der Waals surface area contributed by atoms with Crippen molar-refractivity contribution >= 4 is 17.9 Å². The molecule has 4 fully saturated rings. The fourth-order valence-electron chi connectivity index (χ4n) is 9.29. The minimum absolute atomic E-state index is 0.103. The van der Waals surface area contributed by atoms with Crippen molar-refractivity contribution in [2.45, 2.75) is 71.3 Å². The van der Waals surface area contributed by atoms with Crippen LogP contribution in [-0.4, -0.2) is 68.2 Å². The second kappa shape index (κ2) is 10.00. The first-order valence-electron chi connectivity index (χ1n) is 14.9. The van der Waals surface area contributed by atoms with E-state index < -0.39 is 0 Å². The average Bonchev–Trinajstić information content (AvgIpc) is 3.47. The maximum Gasteiger partial charge on any atom is 0.331 e. The highest BCUT2D eigenvalue weighted by Gasteiger charge is 2.58. The second-order valence-corrected chi connectivity index (χ2v) is 13.2. The van der Waals surface area contributed by atoms with Crippen LogP contribution in [0.4, 0.5) is 4.79 Å². The topological polar surface area (TPSA) is 99.8 Å². The van der Waals surface area contributed by atoms with Gasteiger partial charge in [0.25, 0.3) is 0 Å². The van der Waals surface area contributed by atoms with E-state index >= 15 is 0 Å². The summed E-state index contributed by atoms with van der Waals surface area (Å²) in [6.45, 7) is 8.42. The summed E-state index contributed by atoms with van der Waals surface area (Å²) in [5, 5.41) is 9.31. The zero-order valence-corrected chi connectivity index (χ0v) is 23.0. The van der Waals surface area contributed by atoms with Gasteiger partial charge in [-0.25, -0.2) is 9.59 Å². The fraction of sp³-hybridized carbons (Fsp3) is 0.767. The van der Waals surface area contributed by atoms with Crippen molar-refractivity contribution in [1.82, 2.24) is 20.9 Å². The van der Waals surface area contributed by atoms with E-state index in [-0.39, 0.29) is 29.4 Å². The quantitative estimate of drug-likeness (QED) is 0.379. The van der Waals surface area contributed by atoms with E-state index in [0.29, 0.717) is 61.9 Å². The van der Waals surface area contributed by atoms with Crippen molar-refractivity contribution < 1.29 is 19.1 Å². The molecule has 3 N–H and O–H groups in total. The minimum atomic E-state index is -0.174. The van der Waals surface area contributed by atoms with Crippen molar-refractivity contribution in [1.29, 1.82) is 0 Å². The molecule has 38 heavy (non-hydrogen) atoms. The maximum atomic E-state index is 12.6. The number of rotatable bonds is 5. The number of piperazine rings is 1. The van der Waals surface area contributed by atoms with Crippen LogP contribution in [-0.2, 0) is 14.3 Å². The van der Waals surface area contributed by atoms with Crippen LogP contribution in [0.25, 0.3) is 0 Å². The molecular formula is C30H44N4O4. The molecule has 208 valence electrons. The van der Waals surface area contributed by atoms with E-state index in [1.807, 2.05) is 4.90 Å². The number of hydrogen-bond donors (Lipinski definition) is 3. The van der Waals surface area contributed by atoms with E-state index in [1.54, 1.807) is 11.6 Å². The normalized spacial score (nSPS) is 40.4. The van der Waals surface area contributed by atoms with Crippen LogP contribution < -0.4 is 16.0 Å². The largest absolute Gasteiger partial charge is 0.458 e. The SMILES string of the molecule is C[C@]12CC[C@H](NC(=O)NCCN3CCNCC3=O)C[C@H]1CC[C@H]1C3=CC[C@H](C4=CC(=O)OC4)[C@@]3(C)CC[C@@H]12. The first-order chi connectivity index (χ1) is 18.3. The van der Waals surface area contributed by atoms with Gasteiger partial charge in [0.1, 0.15) is 6.61 Å². The van der Waals surface area contributed by atoms with Gasteiger partial charge in [-0.3, -0.25) is 4.79 Å². The summed E-state index contributed by atoms with van der Waals surface area (Å²) in [4.78, 5) is 38.2. The number of nitrogens with one attached hydrogen (secondary N) is 3. The lowest BCUT2D eigenvalue weighted by Gasteiger charge is -2.60. The van der Waals surface area contributed by atoms with E-state index in [2.05, 4.69) is 35.9 Å². The lowest BCUT2D eigenvalue weighted by Crippen LogP contribution is -2.55. The van der Waals surface area contributed by atoms with Gasteiger partial charge in [0, 0.05) is 38.3 Å². The second-order valence-electron chi connectivity index (χ2n) is 13.2. The molecule has 0 aromatic carbocycles. The summed E-state index contributed by atoms with van der Waals surface area (Å²) in [6.07, 6.45) is 13.5. The summed E-state index contributed by atoms with van der Waals surface area (Å²) in [5.74, 6) is 2.35. The molecule has 3 saturated carbocycles. The Morgan fingerprint density at radius 3 is 2.84 bits per heavy atom. The Bertz CT molecular complexity index is 1050. The zero-order chi connectivity index (χ0) is 26.5. The minimum Gasteiger partial charge on any atom is -0.458 e. The summed E-state index contributed by atoms with van der Waals surface area (Å²) in [6, 6.07) is 0.121. The Labute approximate surface area is 226 Å². The fourth-order valence-corrected chi connectivity index (χ4v) is 9.29. The molecule has 3 amide bonds. The van der Waals surface area contributed by atoms with Gasteiger partial charge in [0.05, 0.1) is 6.54 Å². The number of esters is 1. The van der Waals surface area contributed by atoms with Gasteiger partial charge >= 0.3 is 12.0 Å². The van der Waals surface area contributed by atoms with Crippen LogP contribution in [0.3, 0.4) is 0 Å². The van der Waals surface area contributed by atoms with Crippen LogP contribution in [0.5, 0.6) is 0 Å². The molecule has 4 aliphatic carbocycles. The highest BCUT2D eigenvalue weighted by atomic mass is 16.5. The monoisotopic (exact) mass is 524 g/mol. The smallest absolute Gasteiger partial charge is 0.331 e. The van der Waals surface area contributed by atoms with Gasteiger partial charge in [-0.05, 0) is 91.4 Å². The molecule has 0 unspecified atom stereocenters. The Hall–Kier alpha value is -2.35. The zero-order valence-electron chi connectivity index (χ0n) is 23.0. The molecule has 6 rings (SSSR count). The number of allylic oxidation sites excluding steroid dienone is 2. The number of ether oxygens (including phenoxy) is 1. The van der Waals surface area contributed by atoms with Crippen LogP contribution in [0.2, 0.25) is 0 Å². The van der Waals surface area contributed by atoms with E-state index in [9.17, 15) is 14.4 Å². The molecule has 2 heterocycles. The summed E-state index contributed by atoms with van der Waals surface area (Å²) in [5.41, 5.74) is 3.36. The predicted octanol–water partition coefficient (Wildman–Crippen LogP) is 3.15. The summed E-state index contributed by atoms with van der Waals surface area (Å²) >= 11 is 0. The van der Waals surface area contributed by atoms with Crippen LogP contribution in [0.15, 0.2) is 23.3 Å². The molecule has 8 nitrogen and oxygen atoms in total. The molecule has 0 aromatic rings. The number of urea groups is 1. The number of nitrogens with zero attached hydrogens (tertiary/aromatic N) is 1. The van der Waals surface area contributed by atoms with Gasteiger partial charge in [0.15, 0.2) is 0 Å². The van der Waals surface area contributed by atoms with E-state index in [1.165, 1.54) is 37.7 Å². The molecule has 0 aromatic heterocycles. The number of amides is 3. The van der Waals surface area contributed by atoms with E-state index in [0.717, 1.165) is 25.8 Å². The molecule has 1 saturated heterocycles. The first kappa shape index (κ1) is 25.9. The molecular weight excluding hydrogens is 480 g/mol. The van der Waals surface area contributed by atoms with Gasteiger partial charge in [-0.1, -0.05) is 25.5 Å². The van der Waals surface area contributed by atoms with Gasteiger partial charge in [-0.2, -0.15) is 0 Å². The van der Waals surface area contributed by atoms with Crippen molar-refractivity contribution in [3.63, 3.8) is 0 Å². The molecule has 0 bridgehead atoms. The number of fused-ring (bicyclic) bond motifs is 5. The molecule has 6 aliphatic rings. The van der Waals surface area contributed by atoms with Crippen LogP contribution >= 0.6 is 0 Å². The molecule has 8 heteroatoms. The number of cyclic esters (lactones) is 1. The maximum absolute atomic E-state index is 12.6. The molecule has 0 spiro atoms. The molecule has 7 atom stereocenters. The van der Waals surface area contributed by atoms with Crippen molar-refractivity contribution in [3.8, 4) is 0 Å². The lowest BCUT2D eigenvalue weighted by molar-refractivity contribution is -0.135.